The van der Waals surface area contributed by atoms with Crippen LogP contribution in [0.1, 0.15) is 56.6 Å². The highest BCUT2D eigenvalue weighted by atomic mass is 16.6. The number of fused-ring (bicyclic) bond motifs is 3. The molecule has 0 bridgehead atoms. The Kier molecular flexibility index (Phi) is 5.52. The van der Waals surface area contributed by atoms with Crippen LogP contribution >= 0.6 is 0 Å². The van der Waals surface area contributed by atoms with E-state index in [0.717, 1.165) is 31.3 Å². The lowest BCUT2D eigenvalue weighted by Crippen LogP contribution is -2.41. The average molecular weight is 389 g/mol. The van der Waals surface area contributed by atoms with E-state index in [4.69, 9.17) is 4.74 Å². The molecule has 0 saturated carbocycles. The lowest BCUT2D eigenvalue weighted by Gasteiger charge is -2.25. The Hall–Kier alpha value is -2.88. The first-order valence-corrected chi connectivity index (χ1v) is 10.5. The van der Waals surface area contributed by atoms with Gasteiger partial charge in [0.25, 0.3) is 5.91 Å². The second-order valence-corrected chi connectivity index (χ2v) is 7.91. The summed E-state index contributed by atoms with van der Waals surface area (Å²) < 4.78 is 5.71. The molecule has 1 aliphatic carbocycles. The molecule has 29 heavy (non-hydrogen) atoms. The van der Waals surface area contributed by atoms with Gasteiger partial charge < -0.3 is 4.74 Å². The van der Waals surface area contributed by atoms with Gasteiger partial charge in [0.2, 0.25) is 0 Å². The molecule has 0 fully saturated rings. The van der Waals surface area contributed by atoms with Crippen LogP contribution in [0.3, 0.4) is 0 Å². The number of carbonyl (C=O) groups excluding carboxylic acids is 2. The minimum atomic E-state index is -0.536. The van der Waals surface area contributed by atoms with Crippen molar-refractivity contribution in [1.29, 1.82) is 0 Å². The van der Waals surface area contributed by atoms with Gasteiger partial charge in [-0.1, -0.05) is 74.7 Å². The highest BCUT2D eigenvalue weighted by Crippen LogP contribution is 2.44. The fourth-order valence-electron chi connectivity index (χ4n) is 4.54. The summed E-state index contributed by atoms with van der Waals surface area (Å²) in [6.07, 6.45) is 5.02. The van der Waals surface area contributed by atoms with Crippen LogP contribution in [0, 0.1) is 0 Å². The number of ether oxygens (including phenoxy) is 1. The molecule has 0 aromatic heterocycles. The first-order valence-electron chi connectivity index (χ1n) is 10.5. The second kappa shape index (κ2) is 8.24. The molecule has 150 valence electrons. The smallest absolute Gasteiger partial charge is 0.417 e. The van der Waals surface area contributed by atoms with Crippen LogP contribution in [0.15, 0.2) is 60.2 Å². The van der Waals surface area contributed by atoms with E-state index < -0.39 is 6.09 Å². The van der Waals surface area contributed by atoms with Crippen molar-refractivity contribution < 1.29 is 14.3 Å². The van der Waals surface area contributed by atoms with Crippen molar-refractivity contribution in [1.82, 2.24) is 4.90 Å². The topological polar surface area (TPSA) is 46.6 Å². The molecule has 2 aliphatic rings. The third-order valence-electron chi connectivity index (χ3n) is 6.04. The molecule has 4 heteroatoms. The predicted molar refractivity (Wildman–Crippen MR) is 114 cm³/mol. The Morgan fingerprint density at radius 2 is 1.62 bits per heavy atom. The minimum absolute atomic E-state index is 0.00310. The lowest BCUT2D eigenvalue weighted by molar-refractivity contribution is -0.124. The predicted octanol–water partition coefficient (Wildman–Crippen LogP) is 5.67. The van der Waals surface area contributed by atoms with Crippen molar-refractivity contribution in [2.24, 2.45) is 0 Å². The van der Waals surface area contributed by atoms with Crippen molar-refractivity contribution in [3.63, 3.8) is 0 Å². The number of amides is 2. The summed E-state index contributed by atoms with van der Waals surface area (Å²) in [6, 6.07) is 16.3. The maximum absolute atomic E-state index is 12.9. The first kappa shape index (κ1) is 19.4. The molecule has 4 nitrogen and oxygen atoms in total. The standard InChI is InChI=1S/C25H27NO3/c1-3-4-5-14-23-17(2)15-24(27)26(23)25(28)29-16-22-20-12-8-6-10-18(20)19-11-7-9-13-21(19)22/h6-13,15,22-23H,3-5,14,16H2,1-2H3. The molecular weight excluding hydrogens is 362 g/mol. The van der Waals surface area contributed by atoms with Crippen LogP contribution in [0.4, 0.5) is 4.79 Å². The summed E-state index contributed by atoms with van der Waals surface area (Å²) in [5.74, 6) is -0.266. The van der Waals surface area contributed by atoms with Gasteiger partial charge in [-0.25, -0.2) is 9.69 Å². The van der Waals surface area contributed by atoms with Crippen molar-refractivity contribution in [3.05, 3.63) is 71.3 Å². The zero-order valence-electron chi connectivity index (χ0n) is 17.1. The minimum Gasteiger partial charge on any atom is -0.448 e. The molecule has 1 atom stereocenters. The SMILES string of the molecule is CCCCCC1C(C)=CC(=O)N1C(=O)OCC1c2ccccc2-c2ccccc21. The van der Waals surface area contributed by atoms with Crippen molar-refractivity contribution in [2.45, 2.75) is 51.5 Å². The van der Waals surface area contributed by atoms with Crippen molar-refractivity contribution >= 4 is 12.0 Å². The van der Waals surface area contributed by atoms with Crippen LogP contribution < -0.4 is 0 Å². The second-order valence-electron chi connectivity index (χ2n) is 7.91. The third-order valence-corrected chi connectivity index (χ3v) is 6.04. The number of nitrogens with zero attached hydrogens (tertiary/aromatic N) is 1. The lowest BCUT2D eigenvalue weighted by atomic mass is 9.98. The summed E-state index contributed by atoms with van der Waals surface area (Å²) in [7, 11) is 0. The molecular formula is C25H27NO3. The summed E-state index contributed by atoms with van der Waals surface area (Å²) in [5.41, 5.74) is 5.67. The molecule has 1 unspecified atom stereocenters. The van der Waals surface area contributed by atoms with E-state index in [9.17, 15) is 9.59 Å². The normalized spacial score (nSPS) is 17.9. The summed E-state index contributed by atoms with van der Waals surface area (Å²) >= 11 is 0. The molecule has 2 aromatic rings. The number of hydrogen-bond acceptors (Lipinski definition) is 3. The fourth-order valence-corrected chi connectivity index (χ4v) is 4.54. The van der Waals surface area contributed by atoms with Crippen molar-refractivity contribution in [2.75, 3.05) is 6.61 Å². The van der Waals surface area contributed by atoms with E-state index >= 15 is 0 Å². The van der Waals surface area contributed by atoms with Gasteiger partial charge in [0, 0.05) is 12.0 Å². The number of hydrogen-bond donors (Lipinski definition) is 0. The van der Waals surface area contributed by atoms with Crippen molar-refractivity contribution in [3.8, 4) is 11.1 Å². The van der Waals surface area contributed by atoms with Gasteiger partial charge >= 0.3 is 6.09 Å². The van der Waals surface area contributed by atoms with Crippen LogP contribution in [0.5, 0.6) is 0 Å². The summed E-state index contributed by atoms with van der Waals surface area (Å²) in [5, 5.41) is 0. The van der Waals surface area contributed by atoms with E-state index in [1.165, 1.54) is 27.2 Å². The maximum Gasteiger partial charge on any atom is 0.417 e. The largest absolute Gasteiger partial charge is 0.448 e. The Morgan fingerprint density at radius 1 is 1.00 bits per heavy atom. The zero-order valence-corrected chi connectivity index (χ0v) is 17.1. The van der Waals surface area contributed by atoms with Gasteiger partial charge in [-0.05, 0) is 41.2 Å². The summed E-state index contributed by atoms with van der Waals surface area (Å²) in [6.45, 7) is 4.30. The number of carbonyl (C=O) groups is 2. The Balaban J connectivity index is 1.49. The van der Waals surface area contributed by atoms with Crippen LogP contribution in [-0.2, 0) is 9.53 Å². The molecule has 0 spiro atoms. The van der Waals surface area contributed by atoms with Gasteiger partial charge in [-0.15, -0.1) is 0 Å². The first-order chi connectivity index (χ1) is 14.1. The molecule has 4 rings (SSSR count). The number of imide groups is 1. The van der Waals surface area contributed by atoms with Gasteiger partial charge in [-0.3, -0.25) is 4.79 Å². The average Bonchev–Trinajstić information content (AvgIpc) is 3.20. The van der Waals surface area contributed by atoms with E-state index in [0.29, 0.717) is 0 Å². The maximum atomic E-state index is 12.9. The number of unbranched alkanes of at least 4 members (excludes halogenated alkanes) is 2. The van der Waals surface area contributed by atoms with E-state index in [2.05, 4.69) is 31.2 Å². The Labute approximate surface area is 172 Å². The highest BCUT2D eigenvalue weighted by molar-refractivity contribution is 6.02. The zero-order chi connectivity index (χ0) is 20.4. The number of benzene rings is 2. The third kappa shape index (κ3) is 3.59. The molecule has 1 aliphatic heterocycles. The summed E-state index contributed by atoms with van der Waals surface area (Å²) in [4.78, 5) is 26.6. The van der Waals surface area contributed by atoms with Crippen LogP contribution in [0.2, 0.25) is 0 Å². The molecule has 0 N–H and O–H groups in total. The van der Waals surface area contributed by atoms with Gasteiger partial charge in [0.05, 0.1) is 6.04 Å². The Morgan fingerprint density at radius 3 is 2.24 bits per heavy atom. The van der Waals surface area contributed by atoms with Gasteiger partial charge in [0.1, 0.15) is 6.61 Å². The van der Waals surface area contributed by atoms with Crippen LogP contribution in [0.25, 0.3) is 11.1 Å². The molecule has 2 aromatic carbocycles. The van der Waals surface area contributed by atoms with E-state index in [1.807, 2.05) is 31.2 Å². The van der Waals surface area contributed by atoms with Gasteiger partial charge in [0.15, 0.2) is 0 Å². The quantitative estimate of drug-likeness (QED) is 0.598. The monoisotopic (exact) mass is 389 g/mol. The molecule has 0 saturated heterocycles. The number of rotatable bonds is 6. The molecule has 0 radical (unpaired) electrons. The highest BCUT2D eigenvalue weighted by Gasteiger charge is 2.37. The Bertz CT molecular complexity index is 917. The molecule has 1 heterocycles. The molecule has 2 amide bonds. The van der Waals surface area contributed by atoms with E-state index in [1.54, 1.807) is 6.08 Å². The van der Waals surface area contributed by atoms with E-state index in [-0.39, 0.29) is 24.5 Å². The van der Waals surface area contributed by atoms with Gasteiger partial charge in [-0.2, -0.15) is 0 Å². The van der Waals surface area contributed by atoms with Crippen LogP contribution in [-0.4, -0.2) is 29.5 Å². The fraction of sp³-hybridized carbons (Fsp3) is 0.360.